The van der Waals surface area contributed by atoms with Gasteiger partial charge in [0.2, 0.25) is 0 Å². The quantitative estimate of drug-likeness (QED) is 0.194. The van der Waals surface area contributed by atoms with Crippen molar-refractivity contribution < 1.29 is 4.42 Å². The SMILES string of the molecule is c1ccc(-c2nc(-c3cccc(-c4cccc5sc(-c6ccccc6)nc45)c3)nc(-c3cccc4oc5ccccc5c34)n2)cc1. The maximum absolute atomic E-state index is 6.20. The highest BCUT2D eigenvalue weighted by Crippen LogP contribution is 2.38. The number of hydrogen-bond acceptors (Lipinski definition) is 6. The lowest BCUT2D eigenvalue weighted by molar-refractivity contribution is 0.669. The third-order valence-corrected chi connectivity index (χ3v) is 9.25. The molecule has 0 saturated carbocycles. The first-order valence-electron chi connectivity index (χ1n) is 15.1. The lowest BCUT2D eigenvalue weighted by Gasteiger charge is -2.10. The Balaban J connectivity index is 1.22. The fraction of sp³-hybridized carbons (Fsp3) is 0. The summed E-state index contributed by atoms with van der Waals surface area (Å²) in [5.74, 6) is 1.82. The fourth-order valence-electron chi connectivity index (χ4n) is 6.01. The van der Waals surface area contributed by atoms with Crippen LogP contribution in [-0.2, 0) is 0 Å². The number of rotatable bonds is 5. The summed E-state index contributed by atoms with van der Waals surface area (Å²) in [4.78, 5) is 20.2. The molecule has 0 radical (unpaired) electrons. The summed E-state index contributed by atoms with van der Waals surface area (Å²) in [6.45, 7) is 0. The van der Waals surface area contributed by atoms with Gasteiger partial charge in [-0.15, -0.1) is 11.3 Å². The standard InChI is InChI=1S/C40H24N4OS/c1-3-12-25(13-4-1)37-42-38(44-39(43-37)31-20-10-22-33-35(31)30-18-7-8-21-32(30)45-33)28-17-9-16-27(24-28)29-19-11-23-34-36(29)41-40(46-34)26-14-5-2-6-15-26/h1-24H. The van der Waals surface area contributed by atoms with E-state index < -0.39 is 0 Å². The number of fused-ring (bicyclic) bond motifs is 4. The number of benzene rings is 6. The maximum Gasteiger partial charge on any atom is 0.164 e. The molecule has 216 valence electrons. The summed E-state index contributed by atoms with van der Waals surface area (Å²) in [6.07, 6.45) is 0. The number of furan rings is 1. The third kappa shape index (κ3) is 4.55. The van der Waals surface area contributed by atoms with Crippen LogP contribution in [0.4, 0.5) is 0 Å². The van der Waals surface area contributed by atoms with Crippen LogP contribution in [0.15, 0.2) is 150 Å². The van der Waals surface area contributed by atoms with E-state index in [9.17, 15) is 0 Å². The Hall–Kier alpha value is -5.98. The summed E-state index contributed by atoms with van der Waals surface area (Å²) < 4.78 is 7.35. The van der Waals surface area contributed by atoms with E-state index in [-0.39, 0.29) is 0 Å². The van der Waals surface area contributed by atoms with Gasteiger partial charge in [-0.2, -0.15) is 0 Å². The van der Waals surface area contributed by atoms with E-state index in [1.807, 2.05) is 78.9 Å². The second-order valence-electron chi connectivity index (χ2n) is 11.1. The Morgan fingerprint density at radius 3 is 1.89 bits per heavy atom. The molecule has 46 heavy (non-hydrogen) atoms. The molecule has 9 aromatic rings. The van der Waals surface area contributed by atoms with E-state index in [1.165, 1.54) is 0 Å². The van der Waals surface area contributed by atoms with E-state index in [0.29, 0.717) is 17.5 Å². The Morgan fingerprint density at radius 1 is 0.435 bits per heavy atom. The molecule has 0 aliphatic rings. The Morgan fingerprint density at radius 2 is 1.04 bits per heavy atom. The second kappa shape index (κ2) is 10.9. The third-order valence-electron chi connectivity index (χ3n) is 8.18. The Bertz CT molecular complexity index is 2540. The molecule has 5 nitrogen and oxygen atoms in total. The molecule has 0 unspecified atom stereocenters. The molecule has 0 aliphatic carbocycles. The van der Waals surface area contributed by atoms with E-state index in [4.69, 9.17) is 24.4 Å². The molecule has 0 atom stereocenters. The van der Waals surface area contributed by atoms with Crippen molar-refractivity contribution in [1.29, 1.82) is 0 Å². The van der Waals surface area contributed by atoms with Crippen molar-refractivity contribution in [3.63, 3.8) is 0 Å². The first kappa shape index (κ1) is 26.4. The minimum atomic E-state index is 0.598. The number of thiazole rings is 1. The number of para-hydroxylation sites is 2. The molecule has 0 spiro atoms. The van der Waals surface area contributed by atoms with Crippen LogP contribution in [0.2, 0.25) is 0 Å². The number of nitrogens with zero attached hydrogens (tertiary/aromatic N) is 4. The van der Waals surface area contributed by atoms with E-state index >= 15 is 0 Å². The number of hydrogen-bond donors (Lipinski definition) is 0. The van der Waals surface area contributed by atoms with Gasteiger partial charge in [0.15, 0.2) is 17.5 Å². The summed E-state index contributed by atoms with van der Waals surface area (Å²) in [5.41, 5.74) is 8.60. The maximum atomic E-state index is 6.20. The van der Waals surface area contributed by atoms with Crippen molar-refractivity contribution in [3.8, 4) is 55.9 Å². The van der Waals surface area contributed by atoms with Crippen molar-refractivity contribution in [3.05, 3.63) is 146 Å². The molecule has 0 amide bonds. The molecule has 0 aliphatic heterocycles. The van der Waals surface area contributed by atoms with E-state index in [2.05, 4.69) is 66.7 Å². The average molecular weight is 609 g/mol. The van der Waals surface area contributed by atoms with E-state index in [1.54, 1.807) is 11.3 Å². The van der Waals surface area contributed by atoms with Crippen LogP contribution >= 0.6 is 11.3 Å². The fourth-order valence-corrected chi connectivity index (χ4v) is 7.01. The van der Waals surface area contributed by atoms with Gasteiger partial charge in [0.05, 0.1) is 10.2 Å². The highest BCUT2D eigenvalue weighted by molar-refractivity contribution is 7.21. The monoisotopic (exact) mass is 608 g/mol. The van der Waals surface area contributed by atoms with Crippen molar-refractivity contribution in [1.82, 2.24) is 19.9 Å². The summed E-state index contributed by atoms with van der Waals surface area (Å²) >= 11 is 1.71. The molecule has 3 heterocycles. The Kier molecular flexibility index (Phi) is 6.25. The van der Waals surface area contributed by atoms with Crippen molar-refractivity contribution in [2.45, 2.75) is 0 Å². The highest BCUT2D eigenvalue weighted by atomic mass is 32.1. The minimum absolute atomic E-state index is 0.598. The molecule has 9 rings (SSSR count). The minimum Gasteiger partial charge on any atom is -0.456 e. The zero-order chi connectivity index (χ0) is 30.5. The normalized spacial score (nSPS) is 11.5. The van der Waals surface area contributed by atoms with Crippen molar-refractivity contribution in [2.75, 3.05) is 0 Å². The molecule has 0 bridgehead atoms. The first-order valence-corrected chi connectivity index (χ1v) is 15.9. The number of aromatic nitrogens is 4. The van der Waals surface area contributed by atoms with Crippen LogP contribution in [0.5, 0.6) is 0 Å². The molecular formula is C40H24N4OS. The van der Waals surface area contributed by atoms with Crippen LogP contribution < -0.4 is 0 Å². The van der Waals surface area contributed by atoms with Crippen LogP contribution in [0.1, 0.15) is 0 Å². The molecule has 0 saturated heterocycles. The van der Waals surface area contributed by atoms with Gasteiger partial charge in [0.25, 0.3) is 0 Å². The van der Waals surface area contributed by atoms with Crippen LogP contribution in [0.25, 0.3) is 88.0 Å². The van der Waals surface area contributed by atoms with Crippen LogP contribution in [-0.4, -0.2) is 19.9 Å². The van der Waals surface area contributed by atoms with Crippen molar-refractivity contribution in [2.24, 2.45) is 0 Å². The van der Waals surface area contributed by atoms with Gasteiger partial charge >= 0.3 is 0 Å². The largest absolute Gasteiger partial charge is 0.456 e. The van der Waals surface area contributed by atoms with Gasteiger partial charge in [-0.3, -0.25) is 0 Å². The highest BCUT2D eigenvalue weighted by Gasteiger charge is 2.18. The summed E-state index contributed by atoms with van der Waals surface area (Å²) in [7, 11) is 0. The molecule has 3 aromatic heterocycles. The molecule has 6 heteroatoms. The average Bonchev–Trinajstić information content (AvgIpc) is 3.74. The molecule has 6 aromatic carbocycles. The predicted octanol–water partition coefficient (Wildman–Crippen LogP) is 10.7. The van der Waals surface area contributed by atoms with Gasteiger partial charge in [-0.1, -0.05) is 121 Å². The lowest BCUT2D eigenvalue weighted by Crippen LogP contribution is -2.00. The van der Waals surface area contributed by atoms with E-state index in [0.717, 1.165) is 70.5 Å². The zero-order valence-electron chi connectivity index (χ0n) is 24.5. The van der Waals surface area contributed by atoms with Crippen LogP contribution in [0.3, 0.4) is 0 Å². The van der Waals surface area contributed by atoms with Gasteiger partial charge < -0.3 is 4.42 Å². The van der Waals surface area contributed by atoms with Crippen LogP contribution in [0, 0.1) is 0 Å². The molecule has 0 N–H and O–H groups in total. The van der Waals surface area contributed by atoms with Gasteiger partial charge in [-0.05, 0) is 29.8 Å². The Labute approximate surface area is 268 Å². The van der Waals surface area contributed by atoms with Gasteiger partial charge in [0, 0.05) is 38.6 Å². The molecular weight excluding hydrogens is 585 g/mol. The van der Waals surface area contributed by atoms with Crippen molar-refractivity contribution >= 4 is 43.5 Å². The summed E-state index contributed by atoms with van der Waals surface area (Å²) in [6, 6.07) is 49.3. The topological polar surface area (TPSA) is 64.7 Å². The molecule has 0 fully saturated rings. The second-order valence-corrected chi connectivity index (χ2v) is 12.1. The zero-order valence-corrected chi connectivity index (χ0v) is 25.3. The first-order chi connectivity index (χ1) is 22.8. The lowest BCUT2D eigenvalue weighted by atomic mass is 10.0. The summed E-state index contributed by atoms with van der Waals surface area (Å²) in [5, 5.41) is 3.03. The predicted molar refractivity (Wildman–Crippen MR) is 187 cm³/mol. The smallest absolute Gasteiger partial charge is 0.164 e. The van der Waals surface area contributed by atoms with Gasteiger partial charge in [0.1, 0.15) is 16.2 Å². The van der Waals surface area contributed by atoms with Gasteiger partial charge in [-0.25, -0.2) is 19.9 Å².